The summed E-state index contributed by atoms with van der Waals surface area (Å²) in [7, 11) is 0. The lowest BCUT2D eigenvalue weighted by atomic mass is 10.0. The third-order valence-electron chi connectivity index (χ3n) is 4.02. The van der Waals surface area contributed by atoms with Crippen LogP contribution < -0.4 is 0 Å². The SMILES string of the molecule is CC(C)c1c(CO)cn(Cc2cccnc2)c1Sc1cc(Cl)cc(Cl)c1. The van der Waals surface area contributed by atoms with Gasteiger partial charge in [-0.2, -0.15) is 0 Å². The lowest BCUT2D eigenvalue weighted by Gasteiger charge is -2.14. The fourth-order valence-electron chi connectivity index (χ4n) is 2.97. The second-order valence-corrected chi connectivity index (χ2v) is 8.32. The maximum Gasteiger partial charge on any atom is 0.0838 e. The van der Waals surface area contributed by atoms with Gasteiger partial charge in [0.15, 0.2) is 0 Å². The van der Waals surface area contributed by atoms with E-state index < -0.39 is 0 Å². The fraction of sp³-hybridized carbons (Fsp3) is 0.250. The topological polar surface area (TPSA) is 38.0 Å². The Morgan fingerprint density at radius 2 is 1.92 bits per heavy atom. The molecule has 2 aromatic heterocycles. The Balaban J connectivity index is 2.06. The summed E-state index contributed by atoms with van der Waals surface area (Å²) in [5, 5.41) is 12.2. The normalized spacial score (nSPS) is 11.3. The highest BCUT2D eigenvalue weighted by molar-refractivity contribution is 7.99. The molecule has 3 rings (SSSR count). The van der Waals surface area contributed by atoms with Gasteiger partial charge in [0.05, 0.1) is 11.6 Å². The number of hydrogen-bond donors (Lipinski definition) is 1. The van der Waals surface area contributed by atoms with Gasteiger partial charge in [0, 0.05) is 40.1 Å². The largest absolute Gasteiger partial charge is 0.392 e. The van der Waals surface area contributed by atoms with E-state index >= 15 is 0 Å². The molecule has 0 aliphatic rings. The number of aromatic nitrogens is 2. The van der Waals surface area contributed by atoms with Crippen molar-refractivity contribution in [2.24, 2.45) is 0 Å². The monoisotopic (exact) mass is 406 g/mol. The minimum atomic E-state index is 0.0113. The average Bonchev–Trinajstić information content (AvgIpc) is 2.92. The van der Waals surface area contributed by atoms with E-state index in [2.05, 4.69) is 23.4 Å². The highest BCUT2D eigenvalue weighted by Gasteiger charge is 2.19. The number of halogens is 2. The van der Waals surface area contributed by atoms with Crippen LogP contribution in [0.25, 0.3) is 0 Å². The molecule has 0 saturated heterocycles. The maximum absolute atomic E-state index is 9.85. The third-order valence-corrected chi connectivity index (χ3v) is 5.58. The first kappa shape index (κ1) is 19.3. The van der Waals surface area contributed by atoms with Crippen molar-refractivity contribution in [1.82, 2.24) is 9.55 Å². The molecule has 0 atom stereocenters. The smallest absolute Gasteiger partial charge is 0.0838 e. The summed E-state index contributed by atoms with van der Waals surface area (Å²) in [6.07, 6.45) is 5.65. The van der Waals surface area contributed by atoms with Crippen molar-refractivity contribution in [3.8, 4) is 0 Å². The van der Waals surface area contributed by atoms with Gasteiger partial charge in [-0.1, -0.05) is 54.9 Å². The van der Waals surface area contributed by atoms with Crippen molar-refractivity contribution in [3.63, 3.8) is 0 Å². The summed E-state index contributed by atoms with van der Waals surface area (Å²) in [6.45, 7) is 4.97. The van der Waals surface area contributed by atoms with Crippen LogP contribution >= 0.6 is 35.0 Å². The van der Waals surface area contributed by atoms with Crippen LogP contribution in [0.1, 0.15) is 36.5 Å². The van der Waals surface area contributed by atoms with Gasteiger partial charge in [-0.3, -0.25) is 4.98 Å². The molecule has 6 heteroatoms. The number of nitrogens with zero attached hydrogens (tertiary/aromatic N) is 2. The van der Waals surface area contributed by atoms with E-state index in [1.54, 1.807) is 24.0 Å². The Morgan fingerprint density at radius 3 is 2.50 bits per heavy atom. The van der Waals surface area contributed by atoms with E-state index in [-0.39, 0.29) is 12.5 Å². The second-order valence-electron chi connectivity index (χ2n) is 6.38. The fourth-order valence-corrected chi connectivity index (χ4v) is 4.93. The first-order valence-electron chi connectivity index (χ1n) is 8.33. The number of benzene rings is 1. The van der Waals surface area contributed by atoms with Gasteiger partial charge in [-0.25, -0.2) is 0 Å². The summed E-state index contributed by atoms with van der Waals surface area (Å²) >= 11 is 14.0. The number of aliphatic hydroxyl groups excluding tert-OH is 1. The molecule has 0 fully saturated rings. The standard InChI is InChI=1S/C20H20Cl2N2OS/c1-13(2)19-15(12-25)11-24(10-14-4-3-5-23-9-14)20(19)26-18-7-16(21)6-17(22)8-18/h3-9,11,13,25H,10,12H2,1-2H3. The highest BCUT2D eigenvalue weighted by Crippen LogP contribution is 2.39. The molecule has 1 N–H and O–H groups in total. The molecule has 136 valence electrons. The molecular weight excluding hydrogens is 387 g/mol. The number of aliphatic hydroxyl groups is 1. The Bertz CT molecular complexity index is 874. The summed E-state index contributed by atoms with van der Waals surface area (Å²) in [5.41, 5.74) is 3.20. The Labute approximate surface area is 168 Å². The van der Waals surface area contributed by atoms with Gasteiger partial charge in [-0.05, 0) is 46.9 Å². The summed E-state index contributed by atoms with van der Waals surface area (Å²) in [5.74, 6) is 0.282. The average molecular weight is 407 g/mol. The van der Waals surface area contributed by atoms with Gasteiger partial charge in [0.2, 0.25) is 0 Å². The van der Waals surface area contributed by atoms with Gasteiger partial charge in [0.1, 0.15) is 0 Å². The molecular formula is C20H20Cl2N2OS. The van der Waals surface area contributed by atoms with Gasteiger partial charge in [0.25, 0.3) is 0 Å². The molecule has 0 bridgehead atoms. The van der Waals surface area contributed by atoms with E-state index in [0.29, 0.717) is 16.6 Å². The van der Waals surface area contributed by atoms with Crippen molar-refractivity contribution in [1.29, 1.82) is 0 Å². The predicted molar refractivity (Wildman–Crippen MR) is 108 cm³/mol. The number of rotatable bonds is 6. The van der Waals surface area contributed by atoms with Crippen LogP contribution in [0.5, 0.6) is 0 Å². The van der Waals surface area contributed by atoms with Gasteiger partial charge >= 0.3 is 0 Å². The van der Waals surface area contributed by atoms with E-state index in [1.165, 1.54) is 0 Å². The van der Waals surface area contributed by atoms with Crippen LogP contribution in [0.3, 0.4) is 0 Å². The number of pyridine rings is 1. The zero-order valence-corrected chi connectivity index (χ0v) is 16.9. The quantitative estimate of drug-likeness (QED) is 0.544. The first-order chi connectivity index (χ1) is 12.5. The maximum atomic E-state index is 9.85. The van der Waals surface area contributed by atoms with E-state index in [1.807, 2.05) is 36.7 Å². The summed E-state index contributed by atoms with van der Waals surface area (Å²) in [4.78, 5) is 5.17. The van der Waals surface area contributed by atoms with Crippen molar-refractivity contribution in [2.75, 3.05) is 0 Å². The second kappa shape index (κ2) is 8.49. The lowest BCUT2D eigenvalue weighted by Crippen LogP contribution is -2.01. The zero-order valence-electron chi connectivity index (χ0n) is 14.6. The zero-order chi connectivity index (χ0) is 18.7. The Hall–Kier alpha value is -1.46. The van der Waals surface area contributed by atoms with Crippen LogP contribution in [-0.4, -0.2) is 14.7 Å². The Morgan fingerprint density at radius 1 is 1.19 bits per heavy atom. The number of hydrogen-bond acceptors (Lipinski definition) is 3. The van der Waals surface area contributed by atoms with Crippen molar-refractivity contribution >= 4 is 35.0 Å². The molecule has 0 radical (unpaired) electrons. The summed E-state index contributed by atoms with van der Waals surface area (Å²) in [6, 6.07) is 9.51. The van der Waals surface area contributed by atoms with Crippen LogP contribution in [-0.2, 0) is 13.2 Å². The predicted octanol–water partition coefficient (Wildman–Crippen LogP) is 6.01. The summed E-state index contributed by atoms with van der Waals surface area (Å²) < 4.78 is 2.16. The molecule has 0 amide bonds. The lowest BCUT2D eigenvalue weighted by molar-refractivity contribution is 0.280. The molecule has 3 nitrogen and oxygen atoms in total. The highest BCUT2D eigenvalue weighted by atomic mass is 35.5. The van der Waals surface area contributed by atoms with Gasteiger partial charge < -0.3 is 9.67 Å². The van der Waals surface area contributed by atoms with Crippen molar-refractivity contribution < 1.29 is 5.11 Å². The molecule has 0 spiro atoms. The molecule has 1 aromatic carbocycles. The van der Waals surface area contributed by atoms with Gasteiger partial charge in [-0.15, -0.1) is 0 Å². The Kier molecular flexibility index (Phi) is 6.30. The van der Waals surface area contributed by atoms with Crippen LogP contribution in [0.15, 0.2) is 58.8 Å². The van der Waals surface area contributed by atoms with E-state index in [0.717, 1.165) is 26.6 Å². The molecule has 0 saturated carbocycles. The minimum absolute atomic E-state index is 0.0113. The molecule has 0 unspecified atom stereocenters. The van der Waals surface area contributed by atoms with Crippen LogP contribution in [0.2, 0.25) is 10.0 Å². The van der Waals surface area contributed by atoms with Crippen LogP contribution in [0, 0.1) is 0 Å². The first-order valence-corrected chi connectivity index (χ1v) is 9.90. The van der Waals surface area contributed by atoms with Crippen molar-refractivity contribution in [2.45, 2.75) is 42.8 Å². The molecule has 26 heavy (non-hydrogen) atoms. The molecule has 2 heterocycles. The molecule has 0 aliphatic carbocycles. The van der Waals surface area contributed by atoms with Crippen LogP contribution in [0.4, 0.5) is 0 Å². The third kappa shape index (κ3) is 4.44. The van der Waals surface area contributed by atoms with E-state index in [9.17, 15) is 5.11 Å². The molecule has 3 aromatic rings. The molecule has 0 aliphatic heterocycles. The minimum Gasteiger partial charge on any atom is -0.392 e. The van der Waals surface area contributed by atoms with E-state index in [4.69, 9.17) is 23.2 Å². The van der Waals surface area contributed by atoms with Crippen molar-refractivity contribution in [3.05, 3.63) is 75.7 Å².